The Labute approximate surface area is 150 Å². The van der Waals surface area contributed by atoms with Crippen LogP contribution in [0.25, 0.3) is 0 Å². The van der Waals surface area contributed by atoms with Crippen LogP contribution >= 0.6 is 0 Å². The van der Waals surface area contributed by atoms with Crippen molar-refractivity contribution in [2.24, 2.45) is 0 Å². The Morgan fingerprint density at radius 3 is 2.44 bits per heavy atom. The second-order valence-electron chi connectivity index (χ2n) is 6.47. The van der Waals surface area contributed by atoms with Gasteiger partial charge < -0.3 is 9.64 Å². The van der Waals surface area contributed by atoms with E-state index in [4.69, 9.17) is 4.74 Å². The quantitative estimate of drug-likeness (QED) is 0.742. The second-order valence-corrected chi connectivity index (χ2v) is 8.37. The molecule has 0 aromatic heterocycles. The first-order valence-electron chi connectivity index (χ1n) is 8.79. The van der Waals surface area contributed by atoms with Gasteiger partial charge >= 0.3 is 0 Å². The molecule has 2 rings (SSSR count). The van der Waals surface area contributed by atoms with E-state index in [2.05, 4.69) is 0 Å². The van der Waals surface area contributed by atoms with Crippen molar-refractivity contribution in [3.8, 4) is 5.75 Å². The maximum absolute atomic E-state index is 12.7. The normalized spacial score (nSPS) is 15.6. The van der Waals surface area contributed by atoms with Gasteiger partial charge in [0.1, 0.15) is 12.3 Å². The van der Waals surface area contributed by atoms with Crippen molar-refractivity contribution in [2.75, 3.05) is 30.8 Å². The number of amides is 1. The third kappa shape index (κ3) is 5.11. The van der Waals surface area contributed by atoms with E-state index in [1.54, 1.807) is 36.2 Å². The molecule has 0 bridgehead atoms. The minimum absolute atomic E-state index is 0.191. The molecule has 0 radical (unpaired) electrons. The second kappa shape index (κ2) is 8.56. The zero-order valence-electron chi connectivity index (χ0n) is 15.3. The molecule has 1 aliphatic rings. The number of para-hydroxylation sites is 2. The summed E-state index contributed by atoms with van der Waals surface area (Å²) in [5.74, 6) is 0.271. The fourth-order valence-corrected chi connectivity index (χ4v) is 4.08. The van der Waals surface area contributed by atoms with Gasteiger partial charge in [0.2, 0.25) is 15.9 Å². The highest BCUT2D eigenvalue weighted by atomic mass is 32.2. The maximum Gasteiger partial charge on any atom is 0.243 e. The molecule has 0 spiro atoms. The molecule has 1 fully saturated rings. The molecule has 1 aromatic rings. The molecule has 1 aliphatic carbocycles. The van der Waals surface area contributed by atoms with Crippen molar-refractivity contribution < 1.29 is 17.9 Å². The van der Waals surface area contributed by atoms with E-state index in [1.165, 1.54) is 6.42 Å². The molecule has 0 N–H and O–H groups in total. The first-order valence-corrected chi connectivity index (χ1v) is 10.6. The highest BCUT2D eigenvalue weighted by Crippen LogP contribution is 2.30. The summed E-state index contributed by atoms with van der Waals surface area (Å²) in [7, 11) is -1.84. The molecular weight excluding hydrogens is 340 g/mol. The van der Waals surface area contributed by atoms with Gasteiger partial charge in [-0.2, -0.15) is 0 Å². The lowest BCUT2D eigenvalue weighted by molar-refractivity contribution is -0.130. The Kier molecular flexibility index (Phi) is 6.70. The van der Waals surface area contributed by atoms with E-state index >= 15 is 0 Å². The predicted octanol–water partition coefficient (Wildman–Crippen LogP) is 2.64. The lowest BCUT2D eigenvalue weighted by atomic mass is 9.94. The van der Waals surface area contributed by atoms with Gasteiger partial charge in [-0.3, -0.25) is 9.10 Å². The molecule has 0 aliphatic heterocycles. The monoisotopic (exact) mass is 368 g/mol. The van der Waals surface area contributed by atoms with E-state index in [9.17, 15) is 13.2 Å². The standard InChI is InChI=1S/C18H28N2O4S/c1-4-24-17-13-9-8-12-16(17)20(25(3,22)23)14-18(21)19(2)15-10-6-5-7-11-15/h8-9,12-13,15H,4-7,10-11,14H2,1-3H3. The van der Waals surface area contributed by atoms with Gasteiger partial charge in [-0.05, 0) is 31.9 Å². The van der Waals surface area contributed by atoms with Crippen LogP contribution in [0.1, 0.15) is 39.0 Å². The van der Waals surface area contributed by atoms with Gasteiger partial charge in [-0.25, -0.2) is 8.42 Å². The maximum atomic E-state index is 12.7. The van der Waals surface area contributed by atoms with E-state index in [0.717, 1.165) is 36.2 Å². The Morgan fingerprint density at radius 2 is 1.84 bits per heavy atom. The first kappa shape index (κ1) is 19.6. The largest absolute Gasteiger partial charge is 0.492 e. The Hall–Kier alpha value is -1.76. The third-order valence-electron chi connectivity index (χ3n) is 4.63. The zero-order chi connectivity index (χ0) is 18.4. The highest BCUT2D eigenvalue weighted by Gasteiger charge is 2.28. The molecule has 1 saturated carbocycles. The minimum Gasteiger partial charge on any atom is -0.492 e. The molecule has 1 aromatic carbocycles. The van der Waals surface area contributed by atoms with Crippen LogP contribution < -0.4 is 9.04 Å². The van der Waals surface area contributed by atoms with Crippen LogP contribution in [0.15, 0.2) is 24.3 Å². The summed E-state index contributed by atoms with van der Waals surface area (Å²) in [6.45, 7) is 2.05. The van der Waals surface area contributed by atoms with Crippen molar-refractivity contribution >= 4 is 21.6 Å². The lowest BCUT2D eigenvalue weighted by Gasteiger charge is -2.33. The molecular formula is C18H28N2O4S. The molecule has 0 atom stereocenters. The van der Waals surface area contributed by atoms with Gasteiger partial charge in [0.05, 0.1) is 18.6 Å². The summed E-state index contributed by atoms with van der Waals surface area (Å²) >= 11 is 0. The number of ether oxygens (including phenoxy) is 1. The first-order chi connectivity index (χ1) is 11.8. The van der Waals surface area contributed by atoms with E-state index in [1.807, 2.05) is 6.92 Å². The van der Waals surface area contributed by atoms with Crippen LogP contribution in [0.3, 0.4) is 0 Å². The number of anilines is 1. The molecule has 0 heterocycles. The molecule has 1 amide bonds. The van der Waals surface area contributed by atoms with E-state index in [-0.39, 0.29) is 18.5 Å². The summed E-state index contributed by atoms with van der Waals surface area (Å²) in [5, 5.41) is 0. The minimum atomic E-state index is -3.61. The fraction of sp³-hybridized carbons (Fsp3) is 0.611. The molecule has 0 saturated heterocycles. The number of rotatable bonds is 7. The number of hydrogen-bond donors (Lipinski definition) is 0. The van der Waals surface area contributed by atoms with Gasteiger partial charge in [-0.1, -0.05) is 31.4 Å². The predicted molar refractivity (Wildman–Crippen MR) is 99.4 cm³/mol. The lowest BCUT2D eigenvalue weighted by Crippen LogP contribution is -2.45. The molecule has 6 nitrogen and oxygen atoms in total. The van der Waals surface area contributed by atoms with Crippen LogP contribution in [0, 0.1) is 0 Å². The van der Waals surface area contributed by atoms with Crippen LogP contribution in [-0.2, 0) is 14.8 Å². The van der Waals surface area contributed by atoms with Gasteiger partial charge in [0, 0.05) is 13.1 Å². The Morgan fingerprint density at radius 1 is 1.20 bits per heavy atom. The smallest absolute Gasteiger partial charge is 0.243 e. The molecule has 7 heteroatoms. The number of sulfonamides is 1. The summed E-state index contributed by atoms with van der Waals surface area (Å²) in [6.07, 6.45) is 6.52. The number of hydrogen-bond acceptors (Lipinski definition) is 4. The fourth-order valence-electron chi connectivity index (χ4n) is 3.23. The van der Waals surface area contributed by atoms with Crippen molar-refractivity contribution in [2.45, 2.75) is 45.1 Å². The zero-order valence-corrected chi connectivity index (χ0v) is 16.1. The topological polar surface area (TPSA) is 66.9 Å². The van der Waals surface area contributed by atoms with Gasteiger partial charge in [0.15, 0.2) is 0 Å². The Balaban J connectivity index is 2.23. The van der Waals surface area contributed by atoms with Crippen LogP contribution in [0.5, 0.6) is 5.75 Å². The molecule has 0 unspecified atom stereocenters. The summed E-state index contributed by atoms with van der Waals surface area (Å²) in [6, 6.07) is 7.10. The number of nitrogens with zero attached hydrogens (tertiary/aromatic N) is 2. The average molecular weight is 368 g/mol. The summed E-state index contributed by atoms with van der Waals surface area (Å²) in [4.78, 5) is 14.4. The number of carbonyl (C=O) groups is 1. The SMILES string of the molecule is CCOc1ccccc1N(CC(=O)N(C)C1CCCCC1)S(C)(=O)=O. The van der Waals surface area contributed by atoms with Crippen LogP contribution in [0.4, 0.5) is 5.69 Å². The summed E-state index contributed by atoms with van der Waals surface area (Å²) < 4.78 is 31.3. The van der Waals surface area contributed by atoms with Crippen molar-refractivity contribution in [3.05, 3.63) is 24.3 Å². The highest BCUT2D eigenvalue weighted by molar-refractivity contribution is 7.92. The number of benzene rings is 1. The Bertz CT molecular complexity index is 684. The number of likely N-dealkylation sites (N-methyl/N-ethyl adjacent to an activating group) is 1. The third-order valence-corrected chi connectivity index (χ3v) is 5.76. The van der Waals surface area contributed by atoms with Crippen LogP contribution in [0.2, 0.25) is 0 Å². The number of carbonyl (C=O) groups excluding carboxylic acids is 1. The molecule has 25 heavy (non-hydrogen) atoms. The van der Waals surface area contributed by atoms with E-state index in [0.29, 0.717) is 18.0 Å². The van der Waals surface area contributed by atoms with Crippen molar-refractivity contribution in [1.82, 2.24) is 4.90 Å². The molecule has 140 valence electrons. The summed E-state index contributed by atoms with van der Waals surface area (Å²) in [5.41, 5.74) is 0.400. The van der Waals surface area contributed by atoms with E-state index < -0.39 is 10.0 Å². The van der Waals surface area contributed by atoms with Gasteiger partial charge in [0.25, 0.3) is 0 Å². The average Bonchev–Trinajstić information content (AvgIpc) is 2.59. The van der Waals surface area contributed by atoms with Crippen molar-refractivity contribution in [3.63, 3.8) is 0 Å². The van der Waals surface area contributed by atoms with Crippen LogP contribution in [-0.4, -0.2) is 51.7 Å². The van der Waals surface area contributed by atoms with Crippen molar-refractivity contribution in [1.29, 1.82) is 0 Å². The van der Waals surface area contributed by atoms with Gasteiger partial charge in [-0.15, -0.1) is 0 Å².